The average Bonchev–Trinajstić information content (AvgIpc) is 2.53. The molecule has 1 aliphatic heterocycles. The van der Waals surface area contributed by atoms with Gasteiger partial charge in [0.15, 0.2) is 0 Å². The van der Waals surface area contributed by atoms with Crippen LogP contribution in [0.2, 0.25) is 0 Å². The quantitative estimate of drug-likeness (QED) is 0.863. The predicted octanol–water partition coefficient (Wildman–Crippen LogP) is 3.45. The number of benzene rings is 1. The fourth-order valence-corrected chi connectivity index (χ4v) is 3.01. The number of rotatable bonds is 5. The van der Waals surface area contributed by atoms with Gasteiger partial charge in [-0.25, -0.2) is 0 Å². The van der Waals surface area contributed by atoms with E-state index < -0.39 is 5.41 Å². The van der Waals surface area contributed by atoms with Crippen molar-refractivity contribution >= 4 is 18.3 Å². The Morgan fingerprint density at radius 1 is 1.22 bits per heavy atom. The summed E-state index contributed by atoms with van der Waals surface area (Å²) in [4.78, 5) is 12.7. The van der Waals surface area contributed by atoms with Crippen LogP contribution in [0.4, 0.5) is 0 Å². The van der Waals surface area contributed by atoms with Gasteiger partial charge < -0.3 is 10.6 Å². The van der Waals surface area contributed by atoms with E-state index >= 15 is 0 Å². The number of aryl methyl sites for hydroxylation is 1. The van der Waals surface area contributed by atoms with Crippen molar-refractivity contribution in [2.75, 3.05) is 19.6 Å². The van der Waals surface area contributed by atoms with Crippen LogP contribution in [-0.2, 0) is 16.6 Å². The molecule has 0 saturated carbocycles. The van der Waals surface area contributed by atoms with E-state index in [0.29, 0.717) is 0 Å². The number of carbonyl (C=O) groups excluding carboxylic acids is 1. The monoisotopic (exact) mass is 338 g/mol. The van der Waals surface area contributed by atoms with Crippen LogP contribution < -0.4 is 10.6 Å². The zero-order chi connectivity index (χ0) is 16.2. The second kappa shape index (κ2) is 8.16. The molecule has 1 fully saturated rings. The Morgan fingerprint density at radius 2 is 1.78 bits per heavy atom. The van der Waals surface area contributed by atoms with Gasteiger partial charge in [-0.1, -0.05) is 38.1 Å². The van der Waals surface area contributed by atoms with E-state index in [-0.39, 0.29) is 23.7 Å². The van der Waals surface area contributed by atoms with E-state index in [1.165, 1.54) is 5.56 Å². The fraction of sp³-hybridized carbons (Fsp3) is 0.632. The highest BCUT2D eigenvalue weighted by molar-refractivity contribution is 5.87. The number of amides is 1. The molecule has 0 atom stereocenters. The lowest BCUT2D eigenvalue weighted by molar-refractivity contribution is -0.126. The summed E-state index contributed by atoms with van der Waals surface area (Å²) < 4.78 is 0. The van der Waals surface area contributed by atoms with Gasteiger partial charge in [0, 0.05) is 6.54 Å². The SMILES string of the molecule is CCc1ccc(C(C)(C)C(=O)NCC2(C)CCNCC2)cc1.Cl. The maximum atomic E-state index is 12.7. The molecule has 23 heavy (non-hydrogen) atoms. The van der Waals surface area contributed by atoms with E-state index in [4.69, 9.17) is 0 Å². The van der Waals surface area contributed by atoms with Crippen molar-refractivity contribution in [3.05, 3.63) is 35.4 Å². The molecule has 4 heteroatoms. The molecule has 1 aliphatic rings. The lowest BCUT2D eigenvalue weighted by Crippen LogP contribution is -2.47. The Morgan fingerprint density at radius 3 is 2.30 bits per heavy atom. The van der Waals surface area contributed by atoms with Crippen LogP contribution in [0, 0.1) is 5.41 Å². The molecule has 0 spiro atoms. The van der Waals surface area contributed by atoms with Crippen LogP contribution in [0.5, 0.6) is 0 Å². The lowest BCUT2D eigenvalue weighted by atomic mass is 9.79. The minimum absolute atomic E-state index is 0. The molecule has 0 bridgehead atoms. The summed E-state index contributed by atoms with van der Waals surface area (Å²) in [5.74, 6) is 0.122. The Labute approximate surface area is 147 Å². The third kappa shape index (κ3) is 4.95. The van der Waals surface area contributed by atoms with Crippen molar-refractivity contribution in [1.29, 1.82) is 0 Å². The van der Waals surface area contributed by atoms with Gasteiger partial charge in [0.2, 0.25) is 5.91 Å². The highest BCUT2D eigenvalue weighted by atomic mass is 35.5. The van der Waals surface area contributed by atoms with E-state index in [1.807, 2.05) is 13.8 Å². The van der Waals surface area contributed by atoms with Crippen molar-refractivity contribution in [2.45, 2.75) is 52.4 Å². The summed E-state index contributed by atoms with van der Waals surface area (Å²) in [6.45, 7) is 11.3. The summed E-state index contributed by atoms with van der Waals surface area (Å²) in [5.41, 5.74) is 2.12. The maximum absolute atomic E-state index is 12.7. The highest BCUT2D eigenvalue weighted by Crippen LogP contribution is 2.28. The lowest BCUT2D eigenvalue weighted by Gasteiger charge is -2.35. The minimum atomic E-state index is -0.491. The van der Waals surface area contributed by atoms with Crippen LogP contribution in [0.1, 0.15) is 51.7 Å². The Kier molecular flexibility index (Phi) is 7.09. The van der Waals surface area contributed by atoms with Crippen molar-refractivity contribution in [3.8, 4) is 0 Å². The van der Waals surface area contributed by atoms with Gasteiger partial charge in [0.1, 0.15) is 0 Å². The number of carbonyl (C=O) groups is 1. The molecular weight excluding hydrogens is 308 g/mol. The second-order valence-electron chi connectivity index (χ2n) is 7.42. The van der Waals surface area contributed by atoms with Crippen molar-refractivity contribution in [2.24, 2.45) is 5.41 Å². The molecule has 1 amide bonds. The zero-order valence-electron chi connectivity index (χ0n) is 14.9. The Hall–Kier alpha value is -1.06. The summed E-state index contributed by atoms with van der Waals surface area (Å²) in [6.07, 6.45) is 3.27. The molecular formula is C19H31ClN2O. The molecule has 3 nitrogen and oxygen atoms in total. The maximum Gasteiger partial charge on any atom is 0.230 e. The largest absolute Gasteiger partial charge is 0.355 e. The van der Waals surface area contributed by atoms with E-state index in [1.54, 1.807) is 0 Å². The average molecular weight is 339 g/mol. The zero-order valence-corrected chi connectivity index (χ0v) is 15.7. The first-order chi connectivity index (χ1) is 10.4. The molecule has 1 saturated heterocycles. The van der Waals surface area contributed by atoms with Crippen LogP contribution in [0.15, 0.2) is 24.3 Å². The first-order valence-corrected chi connectivity index (χ1v) is 8.46. The fourth-order valence-electron chi connectivity index (χ4n) is 3.01. The molecule has 1 aromatic carbocycles. The van der Waals surface area contributed by atoms with Crippen LogP contribution in [0.3, 0.4) is 0 Å². The van der Waals surface area contributed by atoms with Gasteiger partial charge >= 0.3 is 0 Å². The van der Waals surface area contributed by atoms with Crippen molar-refractivity contribution in [3.63, 3.8) is 0 Å². The molecule has 130 valence electrons. The number of hydrogen-bond donors (Lipinski definition) is 2. The first-order valence-electron chi connectivity index (χ1n) is 8.46. The van der Waals surface area contributed by atoms with Gasteiger partial charge in [0.05, 0.1) is 5.41 Å². The van der Waals surface area contributed by atoms with Crippen LogP contribution >= 0.6 is 12.4 Å². The summed E-state index contributed by atoms with van der Waals surface area (Å²) in [5, 5.41) is 6.58. The van der Waals surface area contributed by atoms with Gasteiger partial charge in [0.25, 0.3) is 0 Å². The van der Waals surface area contributed by atoms with E-state index in [0.717, 1.165) is 44.5 Å². The second-order valence-corrected chi connectivity index (χ2v) is 7.42. The molecule has 1 heterocycles. The van der Waals surface area contributed by atoms with E-state index in [9.17, 15) is 4.79 Å². The molecule has 0 aliphatic carbocycles. The topological polar surface area (TPSA) is 41.1 Å². The molecule has 0 unspecified atom stereocenters. The molecule has 0 radical (unpaired) electrons. The number of hydrogen-bond acceptors (Lipinski definition) is 2. The minimum Gasteiger partial charge on any atom is -0.355 e. The Bertz CT molecular complexity index is 505. The highest BCUT2D eigenvalue weighted by Gasteiger charge is 2.32. The predicted molar refractivity (Wildman–Crippen MR) is 99.3 cm³/mol. The third-order valence-corrected chi connectivity index (χ3v) is 5.14. The summed E-state index contributed by atoms with van der Waals surface area (Å²) in [7, 11) is 0. The molecule has 0 aromatic heterocycles. The number of halogens is 1. The molecule has 1 aromatic rings. The summed E-state index contributed by atoms with van der Waals surface area (Å²) >= 11 is 0. The Balaban J connectivity index is 0.00000264. The van der Waals surface area contributed by atoms with Gasteiger partial charge in [-0.2, -0.15) is 0 Å². The number of piperidine rings is 1. The normalized spacial score (nSPS) is 17.2. The van der Waals surface area contributed by atoms with Crippen molar-refractivity contribution in [1.82, 2.24) is 10.6 Å². The van der Waals surface area contributed by atoms with Gasteiger partial charge in [-0.05, 0) is 62.7 Å². The number of nitrogens with one attached hydrogen (secondary N) is 2. The van der Waals surface area contributed by atoms with Gasteiger partial charge in [-0.15, -0.1) is 12.4 Å². The summed E-state index contributed by atoms with van der Waals surface area (Å²) in [6, 6.07) is 8.42. The van der Waals surface area contributed by atoms with Gasteiger partial charge in [-0.3, -0.25) is 4.79 Å². The smallest absolute Gasteiger partial charge is 0.230 e. The standard InChI is InChI=1S/C19H30N2O.ClH/c1-5-15-6-8-16(9-7-15)18(2,3)17(22)21-14-19(4)10-12-20-13-11-19;/h6-9,20H,5,10-14H2,1-4H3,(H,21,22);1H. The van der Waals surface area contributed by atoms with Crippen molar-refractivity contribution < 1.29 is 4.79 Å². The van der Waals surface area contributed by atoms with Crippen LogP contribution in [0.25, 0.3) is 0 Å². The first kappa shape index (κ1) is 20.0. The molecule has 2 N–H and O–H groups in total. The van der Waals surface area contributed by atoms with Crippen LogP contribution in [-0.4, -0.2) is 25.5 Å². The van der Waals surface area contributed by atoms with E-state index in [2.05, 4.69) is 48.7 Å². The third-order valence-electron chi connectivity index (χ3n) is 5.14. The molecule has 2 rings (SSSR count).